The smallest absolute Gasteiger partial charge is 0.460 e. The summed E-state index contributed by atoms with van der Waals surface area (Å²) in [5, 5.41) is -7.11. The lowest BCUT2D eigenvalue weighted by molar-refractivity contribution is -0.382. The molecule has 0 N–H and O–H groups in total. The molecule has 6 nitrogen and oxygen atoms in total. The topological polar surface area (TPSA) is 84.9 Å². The molecule has 46 heavy (non-hydrogen) atoms. The van der Waals surface area contributed by atoms with Gasteiger partial charge in [0, 0.05) is 6.61 Å². The summed E-state index contributed by atoms with van der Waals surface area (Å²) in [6.07, 6.45) is -3.93. The van der Waals surface area contributed by atoms with E-state index in [2.05, 4.69) is 84.9 Å². The van der Waals surface area contributed by atoms with Gasteiger partial charge in [-0.25, -0.2) is 8.42 Å². The van der Waals surface area contributed by atoms with E-state index in [9.17, 15) is 52.5 Å². The Kier molecular flexibility index (Phi) is 12.4. The van der Waals surface area contributed by atoms with Crippen molar-refractivity contribution in [1.82, 2.24) is 0 Å². The van der Waals surface area contributed by atoms with Gasteiger partial charge in [-0.2, -0.15) is 39.5 Å². The van der Waals surface area contributed by atoms with Gasteiger partial charge in [-0.15, -0.1) is 0 Å². The number of benzene rings is 3. The first kappa shape index (κ1) is 37.5. The Labute approximate surface area is 261 Å². The van der Waals surface area contributed by atoms with E-state index in [1.807, 2.05) is 0 Å². The first-order valence-electron chi connectivity index (χ1n) is 13.4. The fourth-order valence-electron chi connectivity index (χ4n) is 3.89. The Hall–Kier alpha value is -2.99. The third-order valence-electron chi connectivity index (χ3n) is 6.24. The molecule has 4 rings (SSSR count). The van der Waals surface area contributed by atoms with E-state index in [4.69, 9.17) is 14.2 Å². The molecule has 1 aliphatic rings. The number of hydrogen-bond donors (Lipinski definition) is 0. The highest BCUT2D eigenvalue weighted by molar-refractivity contribution is 7.97. The third-order valence-corrected chi connectivity index (χ3v) is 9.36. The monoisotopic (exact) mass is 706 g/mol. The SMILES string of the molecule is O=S(=O)([O-])C(F)(F)C(F)(F)C(F)(F)C(F)(F)F.c1ccc([S+](c2ccccc2)c2ccc(OCCOC3CCCCO3)cc2)cc1. The highest BCUT2D eigenvalue weighted by Crippen LogP contribution is 2.54. The lowest BCUT2D eigenvalue weighted by Crippen LogP contribution is -2.63. The molecule has 0 aromatic heterocycles. The second kappa shape index (κ2) is 15.3. The fourth-order valence-corrected chi connectivity index (χ4v) is 6.42. The van der Waals surface area contributed by atoms with Gasteiger partial charge in [-0.05, 0) is 67.8 Å². The Balaban J connectivity index is 0.000000292. The van der Waals surface area contributed by atoms with E-state index in [0.29, 0.717) is 13.2 Å². The van der Waals surface area contributed by atoms with Crippen LogP contribution in [0.2, 0.25) is 0 Å². The van der Waals surface area contributed by atoms with Crippen LogP contribution in [-0.2, 0) is 30.5 Å². The fraction of sp³-hybridized carbons (Fsp3) is 0.379. The van der Waals surface area contributed by atoms with Crippen LogP contribution >= 0.6 is 0 Å². The van der Waals surface area contributed by atoms with E-state index in [1.165, 1.54) is 21.1 Å². The second-order valence-electron chi connectivity index (χ2n) is 9.54. The molecule has 1 atom stereocenters. The van der Waals surface area contributed by atoms with Crippen molar-refractivity contribution in [3.8, 4) is 5.75 Å². The molecule has 254 valence electrons. The zero-order valence-corrected chi connectivity index (χ0v) is 25.2. The molecule has 17 heteroatoms. The minimum absolute atomic E-state index is 0.0616. The zero-order chi connectivity index (χ0) is 34.2. The second-order valence-corrected chi connectivity index (χ2v) is 13.0. The van der Waals surface area contributed by atoms with Crippen molar-refractivity contribution < 1.29 is 66.7 Å². The van der Waals surface area contributed by atoms with Crippen LogP contribution in [0.4, 0.5) is 39.5 Å². The van der Waals surface area contributed by atoms with Crippen molar-refractivity contribution in [3.05, 3.63) is 84.9 Å². The van der Waals surface area contributed by atoms with Crippen LogP contribution in [0.3, 0.4) is 0 Å². The van der Waals surface area contributed by atoms with Crippen LogP contribution in [0.25, 0.3) is 0 Å². The zero-order valence-electron chi connectivity index (χ0n) is 23.6. The van der Waals surface area contributed by atoms with Crippen molar-refractivity contribution in [3.63, 3.8) is 0 Å². The van der Waals surface area contributed by atoms with E-state index >= 15 is 0 Å². The maximum atomic E-state index is 12.2. The lowest BCUT2D eigenvalue weighted by Gasteiger charge is -2.34. The Morgan fingerprint density at radius 3 is 1.65 bits per heavy atom. The van der Waals surface area contributed by atoms with Gasteiger partial charge in [-0.1, -0.05) is 36.4 Å². The van der Waals surface area contributed by atoms with Crippen molar-refractivity contribution in [2.75, 3.05) is 19.8 Å². The van der Waals surface area contributed by atoms with Gasteiger partial charge < -0.3 is 18.8 Å². The maximum absolute atomic E-state index is 12.2. The molecular formula is C29H27F9O6S2. The van der Waals surface area contributed by atoms with Crippen LogP contribution in [0.5, 0.6) is 5.75 Å². The summed E-state index contributed by atoms with van der Waals surface area (Å²) in [6, 6.07) is 29.8. The van der Waals surface area contributed by atoms with Crippen LogP contribution in [0.1, 0.15) is 19.3 Å². The minimum atomic E-state index is -7.43. The number of rotatable bonds is 11. The van der Waals surface area contributed by atoms with Crippen LogP contribution in [0, 0.1) is 0 Å². The molecule has 3 aromatic carbocycles. The summed E-state index contributed by atoms with van der Waals surface area (Å²) in [5.41, 5.74) is 0. The number of ether oxygens (including phenoxy) is 3. The van der Waals surface area contributed by atoms with E-state index in [1.54, 1.807) is 0 Å². The molecular weight excluding hydrogens is 679 g/mol. The average molecular weight is 707 g/mol. The summed E-state index contributed by atoms with van der Waals surface area (Å²) in [4.78, 5) is 3.91. The Morgan fingerprint density at radius 1 is 0.717 bits per heavy atom. The molecule has 1 aliphatic heterocycles. The van der Waals surface area contributed by atoms with Crippen LogP contribution in [-0.4, -0.2) is 62.4 Å². The molecule has 1 fully saturated rings. The molecule has 3 aromatic rings. The van der Waals surface area contributed by atoms with Crippen LogP contribution < -0.4 is 4.74 Å². The maximum Gasteiger partial charge on any atom is 0.460 e. The summed E-state index contributed by atoms with van der Waals surface area (Å²) in [7, 11) is -7.55. The standard InChI is InChI=1S/C25H27O3S.C4HF9O3S/c1-3-9-22(10-4-1)29(23-11-5-2-6-12-23)24-16-14-21(15-17-24)26-19-20-28-25-13-7-8-18-27-25;5-1(6,3(9,10)11)2(7,8)4(12,13)17(14,15)16/h1-6,9-12,14-17,25H,7-8,13,18-20H2;(H,14,15,16)/q+1;/p-1. The van der Waals surface area contributed by atoms with Gasteiger partial charge in [0.25, 0.3) is 0 Å². The van der Waals surface area contributed by atoms with Gasteiger partial charge in [0.2, 0.25) is 0 Å². The third kappa shape index (κ3) is 8.87. The van der Waals surface area contributed by atoms with Crippen molar-refractivity contribution >= 4 is 21.0 Å². The van der Waals surface area contributed by atoms with E-state index < -0.39 is 33.4 Å². The lowest BCUT2D eigenvalue weighted by atomic mass is 10.1. The molecule has 1 unspecified atom stereocenters. The Bertz CT molecular complexity index is 1430. The van der Waals surface area contributed by atoms with Gasteiger partial charge in [-0.3, -0.25) is 0 Å². The molecule has 0 amide bonds. The molecule has 1 saturated heterocycles. The normalized spacial score (nSPS) is 16.5. The summed E-state index contributed by atoms with van der Waals surface area (Å²) < 4.78 is 153. The Morgan fingerprint density at radius 2 is 1.22 bits per heavy atom. The first-order chi connectivity index (χ1) is 21.4. The number of halogens is 9. The molecule has 0 saturated carbocycles. The van der Waals surface area contributed by atoms with Crippen molar-refractivity contribution in [1.29, 1.82) is 0 Å². The summed E-state index contributed by atoms with van der Waals surface area (Å²) in [6.45, 7) is 1.88. The molecule has 0 radical (unpaired) electrons. The number of hydrogen-bond acceptors (Lipinski definition) is 6. The average Bonchev–Trinajstić information content (AvgIpc) is 3.01. The quantitative estimate of drug-likeness (QED) is 0.0882. The number of alkyl halides is 9. The summed E-state index contributed by atoms with van der Waals surface area (Å²) in [5.74, 6) is -14.0. The van der Waals surface area contributed by atoms with Gasteiger partial charge in [0.15, 0.2) is 31.1 Å². The minimum Gasteiger partial charge on any atom is -0.743 e. The largest absolute Gasteiger partial charge is 0.743 e. The van der Waals surface area contributed by atoms with Crippen molar-refractivity contribution in [2.24, 2.45) is 0 Å². The van der Waals surface area contributed by atoms with E-state index in [-0.39, 0.29) is 17.2 Å². The molecule has 0 spiro atoms. The van der Waals surface area contributed by atoms with Crippen molar-refractivity contribution in [2.45, 2.75) is 63.5 Å². The molecule has 0 bridgehead atoms. The molecule has 0 aliphatic carbocycles. The highest BCUT2D eigenvalue weighted by atomic mass is 32.2. The first-order valence-corrected chi connectivity index (χ1v) is 16.0. The van der Waals surface area contributed by atoms with Gasteiger partial charge in [0.1, 0.15) is 12.4 Å². The summed E-state index contributed by atoms with van der Waals surface area (Å²) >= 11 is 0. The van der Waals surface area contributed by atoms with E-state index in [0.717, 1.165) is 25.2 Å². The van der Waals surface area contributed by atoms with Gasteiger partial charge in [0.05, 0.1) is 17.5 Å². The van der Waals surface area contributed by atoms with Gasteiger partial charge >= 0.3 is 23.3 Å². The predicted octanol–water partition coefficient (Wildman–Crippen LogP) is 7.66. The van der Waals surface area contributed by atoms with Crippen LogP contribution in [0.15, 0.2) is 99.6 Å². The highest BCUT2D eigenvalue weighted by Gasteiger charge is 2.83. The molecule has 1 heterocycles. The predicted molar refractivity (Wildman–Crippen MR) is 147 cm³/mol.